The Morgan fingerprint density at radius 2 is 1.77 bits per heavy atom. The molecular weight excluding hydrogens is 378 g/mol. The Balaban J connectivity index is 1.51. The number of hydrogen-bond acceptors (Lipinski definition) is 4. The first-order valence-corrected chi connectivity index (χ1v) is 10.2. The molecule has 0 radical (unpaired) electrons. The van der Waals surface area contributed by atoms with E-state index in [1.54, 1.807) is 0 Å². The smallest absolute Gasteiger partial charge is 0.137 e. The number of piperidine rings is 1. The van der Waals surface area contributed by atoms with Gasteiger partial charge in [-0.1, -0.05) is 60.7 Å². The number of benzene rings is 3. The van der Waals surface area contributed by atoms with Crippen molar-refractivity contribution >= 4 is 23.2 Å². The van der Waals surface area contributed by atoms with Gasteiger partial charge in [0, 0.05) is 25.4 Å². The lowest BCUT2D eigenvalue weighted by molar-refractivity contribution is -0.268. The lowest BCUT2D eigenvalue weighted by Gasteiger charge is -2.40. The van der Waals surface area contributed by atoms with Crippen LogP contribution in [0.4, 0.5) is 4.79 Å². The van der Waals surface area contributed by atoms with Crippen LogP contribution >= 0.6 is 0 Å². The number of nitrogens with zero attached hydrogens (tertiary/aromatic N) is 1. The second kappa shape index (κ2) is 9.09. The summed E-state index contributed by atoms with van der Waals surface area (Å²) in [6, 6.07) is 22.3. The SMILES string of the molecule is O=CCc1ccc(C2CCN(C(=O)[O-])CC2OCc2ccc3ccccc3c2)cc1. The first-order valence-electron chi connectivity index (χ1n) is 10.2. The summed E-state index contributed by atoms with van der Waals surface area (Å²) in [5, 5.41) is 13.7. The van der Waals surface area contributed by atoms with E-state index in [1.807, 2.05) is 42.5 Å². The van der Waals surface area contributed by atoms with Gasteiger partial charge < -0.3 is 24.3 Å². The quantitative estimate of drug-likeness (QED) is 0.593. The molecule has 0 bridgehead atoms. The Labute approximate surface area is 175 Å². The Morgan fingerprint density at radius 1 is 1.03 bits per heavy atom. The number of hydrogen-bond donors (Lipinski definition) is 0. The van der Waals surface area contributed by atoms with Crippen molar-refractivity contribution in [2.75, 3.05) is 13.1 Å². The molecule has 3 aromatic rings. The van der Waals surface area contributed by atoms with Crippen molar-refractivity contribution in [3.63, 3.8) is 0 Å². The summed E-state index contributed by atoms with van der Waals surface area (Å²) < 4.78 is 6.25. The molecule has 0 saturated carbocycles. The monoisotopic (exact) mass is 402 g/mol. The van der Waals surface area contributed by atoms with E-state index in [9.17, 15) is 14.7 Å². The average molecular weight is 402 g/mol. The molecule has 1 fully saturated rings. The normalized spacial score (nSPS) is 19.0. The van der Waals surface area contributed by atoms with Crippen LogP contribution in [0.2, 0.25) is 0 Å². The van der Waals surface area contributed by atoms with Crippen molar-refractivity contribution in [1.82, 2.24) is 4.90 Å². The molecule has 5 nitrogen and oxygen atoms in total. The van der Waals surface area contributed by atoms with Crippen LogP contribution in [0.25, 0.3) is 10.8 Å². The molecule has 30 heavy (non-hydrogen) atoms. The van der Waals surface area contributed by atoms with Crippen LogP contribution in [0.5, 0.6) is 0 Å². The molecule has 4 rings (SSSR count). The fraction of sp³-hybridized carbons (Fsp3) is 0.280. The van der Waals surface area contributed by atoms with Gasteiger partial charge in [0.15, 0.2) is 0 Å². The highest BCUT2D eigenvalue weighted by atomic mass is 16.5. The number of carbonyl (C=O) groups excluding carboxylic acids is 2. The van der Waals surface area contributed by atoms with Crippen molar-refractivity contribution in [2.24, 2.45) is 0 Å². The van der Waals surface area contributed by atoms with Gasteiger partial charge in [0.25, 0.3) is 0 Å². The van der Waals surface area contributed by atoms with Crippen molar-refractivity contribution in [2.45, 2.75) is 31.5 Å². The maximum atomic E-state index is 11.4. The predicted molar refractivity (Wildman–Crippen MR) is 113 cm³/mol. The molecule has 0 spiro atoms. The van der Waals surface area contributed by atoms with Crippen LogP contribution in [-0.2, 0) is 22.6 Å². The van der Waals surface area contributed by atoms with Gasteiger partial charge in [-0.15, -0.1) is 0 Å². The summed E-state index contributed by atoms with van der Waals surface area (Å²) in [6.45, 7) is 1.13. The maximum absolute atomic E-state index is 11.4. The third-order valence-corrected chi connectivity index (χ3v) is 5.82. The topological polar surface area (TPSA) is 69.7 Å². The van der Waals surface area contributed by atoms with E-state index in [1.165, 1.54) is 10.3 Å². The predicted octanol–water partition coefficient (Wildman–Crippen LogP) is 3.30. The highest BCUT2D eigenvalue weighted by Crippen LogP contribution is 2.31. The number of amides is 1. The largest absolute Gasteiger partial charge is 0.530 e. The highest BCUT2D eigenvalue weighted by molar-refractivity contribution is 5.82. The van der Waals surface area contributed by atoms with E-state index in [2.05, 4.69) is 24.3 Å². The minimum absolute atomic E-state index is 0.0892. The van der Waals surface area contributed by atoms with Gasteiger partial charge in [-0.2, -0.15) is 0 Å². The van der Waals surface area contributed by atoms with E-state index in [-0.39, 0.29) is 18.6 Å². The third kappa shape index (κ3) is 4.52. The fourth-order valence-electron chi connectivity index (χ4n) is 4.16. The summed E-state index contributed by atoms with van der Waals surface area (Å²) >= 11 is 0. The molecule has 1 saturated heterocycles. The molecule has 5 heteroatoms. The number of fused-ring (bicyclic) bond motifs is 1. The summed E-state index contributed by atoms with van der Waals surface area (Å²) in [7, 11) is 0. The van der Waals surface area contributed by atoms with Crippen LogP contribution in [0.1, 0.15) is 29.0 Å². The lowest BCUT2D eigenvalue weighted by atomic mass is 9.86. The molecule has 1 aliphatic rings. The number of carboxylic acid groups (broad SMARTS) is 1. The number of aldehydes is 1. The van der Waals surface area contributed by atoms with Gasteiger partial charge in [0.1, 0.15) is 12.4 Å². The number of carbonyl (C=O) groups is 2. The van der Waals surface area contributed by atoms with Gasteiger partial charge in [-0.05, 0) is 39.9 Å². The van der Waals surface area contributed by atoms with E-state index in [4.69, 9.17) is 4.74 Å². The van der Waals surface area contributed by atoms with E-state index in [0.717, 1.165) is 28.4 Å². The lowest BCUT2D eigenvalue weighted by Crippen LogP contribution is -2.51. The first kappa shape index (κ1) is 20.1. The minimum atomic E-state index is -1.16. The third-order valence-electron chi connectivity index (χ3n) is 5.82. The molecular formula is C25H24NO4-. The second-order valence-electron chi connectivity index (χ2n) is 7.75. The Morgan fingerprint density at radius 3 is 2.50 bits per heavy atom. The van der Waals surface area contributed by atoms with Crippen molar-refractivity contribution in [3.8, 4) is 0 Å². The molecule has 3 aromatic carbocycles. The summed E-state index contributed by atoms with van der Waals surface area (Å²) in [5.74, 6) is 0.0892. The van der Waals surface area contributed by atoms with Crippen LogP contribution in [0.15, 0.2) is 66.7 Å². The van der Waals surface area contributed by atoms with Gasteiger partial charge in [-0.3, -0.25) is 0 Å². The van der Waals surface area contributed by atoms with E-state index in [0.29, 0.717) is 26.0 Å². The molecule has 1 aliphatic heterocycles. The molecule has 1 heterocycles. The van der Waals surface area contributed by atoms with Gasteiger partial charge in [0.05, 0.1) is 12.7 Å². The van der Waals surface area contributed by atoms with Gasteiger partial charge in [-0.25, -0.2) is 0 Å². The van der Waals surface area contributed by atoms with Crippen LogP contribution in [0, 0.1) is 0 Å². The molecule has 2 atom stereocenters. The standard InChI is InChI=1S/C25H25NO4/c27-14-12-18-5-9-21(10-6-18)23-11-13-26(25(28)29)16-24(23)30-17-19-7-8-20-3-1-2-4-22(20)15-19/h1-10,14-15,23-24H,11-13,16-17H2,(H,28,29)/p-1. The molecule has 2 unspecified atom stereocenters. The Hall–Kier alpha value is -3.18. The molecule has 0 aliphatic carbocycles. The fourth-order valence-corrected chi connectivity index (χ4v) is 4.16. The zero-order valence-electron chi connectivity index (χ0n) is 16.7. The van der Waals surface area contributed by atoms with E-state index < -0.39 is 6.09 Å². The number of likely N-dealkylation sites (tertiary alicyclic amines) is 1. The summed E-state index contributed by atoms with van der Waals surface area (Å²) in [4.78, 5) is 23.5. The molecule has 1 amide bonds. The number of rotatable bonds is 6. The number of ether oxygens (including phenoxy) is 1. The molecule has 0 aromatic heterocycles. The van der Waals surface area contributed by atoms with Crippen LogP contribution < -0.4 is 5.11 Å². The zero-order valence-corrected chi connectivity index (χ0v) is 16.7. The average Bonchev–Trinajstić information content (AvgIpc) is 2.78. The molecule has 154 valence electrons. The van der Waals surface area contributed by atoms with E-state index >= 15 is 0 Å². The van der Waals surface area contributed by atoms with Crippen molar-refractivity contribution in [3.05, 3.63) is 83.4 Å². The maximum Gasteiger partial charge on any atom is 0.137 e. The Kier molecular flexibility index (Phi) is 6.10. The summed E-state index contributed by atoms with van der Waals surface area (Å²) in [5.41, 5.74) is 3.13. The zero-order chi connectivity index (χ0) is 20.9. The minimum Gasteiger partial charge on any atom is -0.530 e. The highest BCUT2D eigenvalue weighted by Gasteiger charge is 2.31. The van der Waals surface area contributed by atoms with Gasteiger partial charge >= 0.3 is 0 Å². The van der Waals surface area contributed by atoms with Crippen LogP contribution in [-0.4, -0.2) is 36.5 Å². The second-order valence-corrected chi connectivity index (χ2v) is 7.75. The van der Waals surface area contributed by atoms with Crippen LogP contribution in [0.3, 0.4) is 0 Å². The first-order chi connectivity index (χ1) is 14.6. The van der Waals surface area contributed by atoms with Gasteiger partial charge in [0.2, 0.25) is 0 Å². The summed E-state index contributed by atoms with van der Waals surface area (Å²) in [6.07, 6.45) is 0.534. The Bertz CT molecular complexity index is 1030. The van der Waals surface area contributed by atoms with Crippen molar-refractivity contribution in [1.29, 1.82) is 0 Å². The molecule has 0 N–H and O–H groups in total. The van der Waals surface area contributed by atoms with Crippen molar-refractivity contribution < 1.29 is 19.4 Å².